The highest BCUT2D eigenvalue weighted by Gasteiger charge is 2.73. The summed E-state index contributed by atoms with van der Waals surface area (Å²) in [6.07, 6.45) is -0.745. The summed E-state index contributed by atoms with van der Waals surface area (Å²) in [6.45, 7) is 16.4. The topological polar surface area (TPSA) is 157 Å². The van der Waals surface area contributed by atoms with E-state index in [-0.39, 0.29) is 40.3 Å². The van der Waals surface area contributed by atoms with E-state index in [4.69, 9.17) is 9.47 Å². The quantitative estimate of drug-likeness (QED) is 0.230. The van der Waals surface area contributed by atoms with Crippen molar-refractivity contribution in [1.82, 2.24) is 0 Å². The van der Waals surface area contributed by atoms with E-state index >= 15 is 0 Å². The number of fused-ring (bicyclic) bond motifs is 5. The maximum atomic E-state index is 14.6. The molecular formula is C36H60O9. The number of rotatable bonds is 7. The molecule has 1 aliphatic heterocycles. The fraction of sp³-hybridized carbons (Fsp3) is 0.917. The van der Waals surface area contributed by atoms with Crippen molar-refractivity contribution >= 4 is 5.78 Å². The Balaban J connectivity index is 1.51. The SMILES string of the molecule is CC(C)=CCCC(C)(OC1OC(CO)C(O)C(O)C1O)C1CCC2(C)C1C(=O)CC1C3(C)CCC(O)C(C)(C)C3C(O)CC12C. The van der Waals surface area contributed by atoms with Crippen LogP contribution in [0.1, 0.15) is 107 Å². The van der Waals surface area contributed by atoms with Crippen molar-refractivity contribution in [2.75, 3.05) is 6.61 Å². The minimum atomic E-state index is -1.55. The van der Waals surface area contributed by atoms with Crippen LogP contribution in [-0.2, 0) is 14.3 Å². The zero-order valence-electron chi connectivity index (χ0n) is 28.7. The molecule has 0 aromatic carbocycles. The van der Waals surface area contributed by atoms with Gasteiger partial charge in [0.05, 0.1) is 24.4 Å². The van der Waals surface area contributed by atoms with Crippen molar-refractivity contribution in [2.24, 2.45) is 45.3 Å². The van der Waals surface area contributed by atoms with E-state index in [1.807, 2.05) is 20.8 Å². The van der Waals surface area contributed by atoms with Gasteiger partial charge in [0.15, 0.2) is 6.29 Å². The smallest absolute Gasteiger partial charge is 0.187 e. The molecule has 6 N–H and O–H groups in total. The molecule has 9 heteroatoms. The van der Waals surface area contributed by atoms with Crippen molar-refractivity contribution < 1.29 is 44.9 Å². The van der Waals surface area contributed by atoms with E-state index in [2.05, 4.69) is 40.7 Å². The third kappa shape index (κ3) is 5.31. The number of carbonyl (C=O) groups excluding carboxylic acids is 1. The van der Waals surface area contributed by atoms with E-state index in [0.717, 1.165) is 24.8 Å². The first-order chi connectivity index (χ1) is 20.8. The molecule has 4 aliphatic carbocycles. The molecule has 15 atom stereocenters. The monoisotopic (exact) mass is 636 g/mol. The molecule has 9 nitrogen and oxygen atoms in total. The number of aliphatic hydroxyl groups is 6. The minimum Gasteiger partial charge on any atom is -0.394 e. The normalized spacial score (nSPS) is 50.6. The zero-order valence-corrected chi connectivity index (χ0v) is 28.7. The summed E-state index contributed by atoms with van der Waals surface area (Å²) in [5.74, 6) is -0.372. The molecule has 0 amide bonds. The minimum absolute atomic E-state index is 0.0703. The molecule has 5 fully saturated rings. The van der Waals surface area contributed by atoms with Crippen LogP contribution >= 0.6 is 0 Å². The Labute approximate surface area is 269 Å². The van der Waals surface area contributed by atoms with Gasteiger partial charge in [-0.15, -0.1) is 0 Å². The van der Waals surface area contributed by atoms with Crippen LogP contribution < -0.4 is 0 Å². The number of hydrogen-bond donors (Lipinski definition) is 6. The first-order valence-electron chi connectivity index (χ1n) is 17.3. The third-order valence-electron chi connectivity index (χ3n) is 14.2. The highest BCUT2D eigenvalue weighted by molar-refractivity contribution is 5.84. The maximum absolute atomic E-state index is 14.6. The van der Waals surface area contributed by atoms with Gasteiger partial charge in [-0.1, -0.05) is 46.3 Å². The zero-order chi connectivity index (χ0) is 33.5. The lowest BCUT2D eigenvalue weighted by atomic mass is 9.34. The van der Waals surface area contributed by atoms with Gasteiger partial charge in [-0.2, -0.15) is 0 Å². The number of ketones is 1. The van der Waals surface area contributed by atoms with Crippen LogP contribution in [0.5, 0.6) is 0 Å². The number of allylic oxidation sites excluding steroid dienone is 2. The van der Waals surface area contributed by atoms with Crippen LogP contribution in [-0.4, -0.2) is 91.5 Å². The van der Waals surface area contributed by atoms with E-state index < -0.39 is 66.0 Å². The van der Waals surface area contributed by atoms with Crippen LogP contribution in [0.15, 0.2) is 11.6 Å². The molecule has 1 saturated heterocycles. The van der Waals surface area contributed by atoms with E-state index in [9.17, 15) is 35.4 Å². The number of hydrogen-bond acceptors (Lipinski definition) is 9. The van der Waals surface area contributed by atoms with Gasteiger partial charge in [0.25, 0.3) is 0 Å². The molecule has 0 radical (unpaired) electrons. The largest absolute Gasteiger partial charge is 0.394 e. The van der Waals surface area contributed by atoms with Crippen LogP contribution in [0.3, 0.4) is 0 Å². The standard InChI is InChI=1S/C36H60O9/c1-19(2)10-9-13-36(8,45-31-29(43)28(42)27(41)23(18-37)44-31)20-11-15-34(6)26(20)21(38)16-24-33(5)14-12-25(40)32(3,4)30(33)22(39)17-35(24,34)7/h10,20,22-31,37,39-43H,9,11-18H2,1-8H3. The predicted molar refractivity (Wildman–Crippen MR) is 169 cm³/mol. The third-order valence-corrected chi connectivity index (χ3v) is 14.2. The maximum Gasteiger partial charge on any atom is 0.187 e. The second-order valence-electron chi connectivity index (χ2n) is 17.3. The lowest BCUT2D eigenvalue weighted by Crippen LogP contribution is -2.69. The van der Waals surface area contributed by atoms with Crippen LogP contribution in [0.4, 0.5) is 0 Å². The second kappa shape index (κ2) is 11.9. The van der Waals surface area contributed by atoms with Crippen molar-refractivity contribution in [3.8, 4) is 0 Å². The van der Waals surface area contributed by atoms with Gasteiger partial charge in [0, 0.05) is 12.3 Å². The van der Waals surface area contributed by atoms with Gasteiger partial charge in [-0.05, 0) is 105 Å². The summed E-state index contributed by atoms with van der Waals surface area (Å²) in [4.78, 5) is 14.6. The Morgan fingerprint density at radius 2 is 1.64 bits per heavy atom. The van der Waals surface area contributed by atoms with Gasteiger partial charge in [0.1, 0.15) is 30.2 Å². The molecule has 45 heavy (non-hydrogen) atoms. The summed E-state index contributed by atoms with van der Waals surface area (Å²) in [5.41, 5.74) is -1.27. The Morgan fingerprint density at radius 3 is 2.27 bits per heavy atom. The molecule has 15 unspecified atom stereocenters. The lowest BCUT2D eigenvalue weighted by molar-refractivity contribution is -0.333. The molecule has 5 rings (SSSR count). The number of aliphatic hydroxyl groups excluding tert-OH is 6. The van der Waals surface area contributed by atoms with Crippen molar-refractivity contribution in [3.05, 3.63) is 11.6 Å². The van der Waals surface area contributed by atoms with Crippen molar-refractivity contribution in [3.63, 3.8) is 0 Å². The highest BCUT2D eigenvalue weighted by atomic mass is 16.7. The van der Waals surface area contributed by atoms with Crippen molar-refractivity contribution in [2.45, 2.75) is 155 Å². The lowest BCUT2D eigenvalue weighted by Gasteiger charge is -2.70. The molecule has 5 aliphatic rings. The average molecular weight is 637 g/mol. The number of ether oxygens (including phenoxy) is 2. The first-order valence-corrected chi connectivity index (χ1v) is 17.3. The van der Waals surface area contributed by atoms with Gasteiger partial charge >= 0.3 is 0 Å². The first kappa shape index (κ1) is 35.4. The van der Waals surface area contributed by atoms with E-state index in [1.165, 1.54) is 0 Å². The molecule has 0 aromatic heterocycles. The summed E-state index contributed by atoms with van der Waals surface area (Å²) >= 11 is 0. The summed E-state index contributed by atoms with van der Waals surface area (Å²) < 4.78 is 12.5. The van der Waals surface area contributed by atoms with Crippen LogP contribution in [0, 0.1) is 45.3 Å². The number of carbonyl (C=O) groups is 1. The van der Waals surface area contributed by atoms with Crippen molar-refractivity contribution in [1.29, 1.82) is 0 Å². The predicted octanol–water partition coefficient (Wildman–Crippen LogP) is 3.50. The van der Waals surface area contributed by atoms with Gasteiger partial charge < -0.3 is 40.1 Å². The van der Waals surface area contributed by atoms with Gasteiger partial charge in [-0.3, -0.25) is 4.79 Å². The van der Waals surface area contributed by atoms with Gasteiger partial charge in [-0.25, -0.2) is 0 Å². The van der Waals surface area contributed by atoms with E-state index in [1.54, 1.807) is 0 Å². The Morgan fingerprint density at radius 1 is 0.978 bits per heavy atom. The fourth-order valence-electron chi connectivity index (χ4n) is 11.7. The molecule has 1 heterocycles. The van der Waals surface area contributed by atoms with Gasteiger partial charge in [0.2, 0.25) is 0 Å². The summed E-state index contributed by atoms with van der Waals surface area (Å²) in [5, 5.41) is 64.6. The Kier molecular flexibility index (Phi) is 9.36. The highest BCUT2D eigenvalue weighted by Crippen LogP contribution is 2.75. The summed E-state index contributed by atoms with van der Waals surface area (Å²) in [6, 6.07) is 0. The Hall–Kier alpha value is -0.910. The summed E-state index contributed by atoms with van der Waals surface area (Å²) in [7, 11) is 0. The van der Waals surface area contributed by atoms with Crippen LogP contribution in [0.25, 0.3) is 0 Å². The fourth-order valence-corrected chi connectivity index (χ4v) is 11.7. The Bertz CT molecular complexity index is 1150. The molecular weight excluding hydrogens is 576 g/mol. The molecule has 0 spiro atoms. The van der Waals surface area contributed by atoms with E-state index in [0.29, 0.717) is 32.1 Å². The molecule has 0 aromatic rings. The van der Waals surface area contributed by atoms with Crippen LogP contribution in [0.2, 0.25) is 0 Å². The molecule has 4 saturated carbocycles. The molecule has 258 valence electrons. The molecule has 0 bridgehead atoms. The number of Topliss-reactive ketones (excluding diaryl/α,β-unsaturated/α-hetero) is 1. The second-order valence-corrected chi connectivity index (χ2v) is 17.3. The average Bonchev–Trinajstić information content (AvgIpc) is 3.33.